The van der Waals surface area contributed by atoms with Gasteiger partial charge in [-0.15, -0.1) is 0 Å². The van der Waals surface area contributed by atoms with Crippen LogP contribution in [0.2, 0.25) is 5.02 Å². The Morgan fingerprint density at radius 3 is 2.62 bits per heavy atom. The smallest absolute Gasteiger partial charge is 0.262 e. The summed E-state index contributed by atoms with van der Waals surface area (Å²) >= 11 is 9.08. The zero-order valence-corrected chi connectivity index (χ0v) is 14.1. The molecule has 4 nitrogen and oxygen atoms in total. The highest BCUT2D eigenvalue weighted by Gasteiger charge is 2.17. The van der Waals surface area contributed by atoms with Gasteiger partial charge in [-0.25, -0.2) is 8.42 Å². The summed E-state index contributed by atoms with van der Waals surface area (Å²) in [4.78, 5) is 0.172. The molecule has 21 heavy (non-hydrogen) atoms. The van der Waals surface area contributed by atoms with Crippen LogP contribution in [0.5, 0.6) is 0 Å². The van der Waals surface area contributed by atoms with E-state index in [1.54, 1.807) is 19.1 Å². The van der Waals surface area contributed by atoms with Gasteiger partial charge in [0.05, 0.1) is 21.2 Å². The van der Waals surface area contributed by atoms with Crippen LogP contribution in [-0.2, 0) is 10.0 Å². The van der Waals surface area contributed by atoms with E-state index in [0.29, 0.717) is 10.0 Å². The number of hydrogen-bond acceptors (Lipinski definition) is 3. The van der Waals surface area contributed by atoms with Crippen molar-refractivity contribution in [3.63, 3.8) is 0 Å². The van der Waals surface area contributed by atoms with Crippen LogP contribution in [0, 0.1) is 18.3 Å². The molecule has 0 spiro atoms. The Morgan fingerprint density at radius 2 is 1.95 bits per heavy atom. The van der Waals surface area contributed by atoms with Crippen molar-refractivity contribution < 1.29 is 8.42 Å². The van der Waals surface area contributed by atoms with E-state index in [2.05, 4.69) is 20.7 Å². The Labute approximate surface area is 136 Å². The van der Waals surface area contributed by atoms with E-state index >= 15 is 0 Å². The normalized spacial score (nSPS) is 11.0. The maximum Gasteiger partial charge on any atom is 0.262 e. The minimum Gasteiger partial charge on any atom is -0.280 e. The van der Waals surface area contributed by atoms with Crippen LogP contribution in [-0.4, -0.2) is 8.42 Å². The Morgan fingerprint density at radius 1 is 1.24 bits per heavy atom. The second-order valence-corrected chi connectivity index (χ2v) is 7.30. The lowest BCUT2D eigenvalue weighted by molar-refractivity contribution is 0.600. The van der Waals surface area contributed by atoms with Crippen LogP contribution < -0.4 is 4.72 Å². The van der Waals surface area contributed by atoms with Gasteiger partial charge >= 0.3 is 0 Å². The van der Waals surface area contributed by atoms with Gasteiger partial charge in [-0.3, -0.25) is 4.72 Å². The van der Waals surface area contributed by atoms with E-state index < -0.39 is 10.0 Å². The van der Waals surface area contributed by atoms with Crippen molar-refractivity contribution in [3.05, 3.63) is 57.0 Å². The number of nitrogens with zero attached hydrogens (tertiary/aromatic N) is 1. The number of anilines is 1. The fourth-order valence-corrected chi connectivity index (χ4v) is 3.74. The molecule has 2 aromatic rings. The van der Waals surface area contributed by atoms with Crippen molar-refractivity contribution in [2.24, 2.45) is 0 Å². The van der Waals surface area contributed by atoms with E-state index in [-0.39, 0.29) is 21.2 Å². The number of sulfonamides is 1. The lowest BCUT2D eigenvalue weighted by Crippen LogP contribution is -2.14. The molecular weight excluding hydrogens is 376 g/mol. The Kier molecular flexibility index (Phi) is 4.57. The monoisotopic (exact) mass is 384 g/mol. The van der Waals surface area contributed by atoms with Crippen molar-refractivity contribution in [1.82, 2.24) is 0 Å². The summed E-state index contributed by atoms with van der Waals surface area (Å²) in [6.45, 7) is 1.71. The zero-order chi connectivity index (χ0) is 15.6. The molecule has 0 aromatic heterocycles. The van der Waals surface area contributed by atoms with Gasteiger partial charge in [-0.05, 0) is 42.8 Å². The molecule has 7 heteroatoms. The molecule has 2 rings (SSSR count). The molecule has 0 atom stereocenters. The first-order valence-corrected chi connectivity index (χ1v) is 8.47. The maximum absolute atomic E-state index is 12.4. The molecule has 0 saturated carbocycles. The van der Waals surface area contributed by atoms with Crippen LogP contribution >= 0.6 is 27.5 Å². The Balaban J connectivity index is 2.43. The van der Waals surface area contributed by atoms with E-state index in [9.17, 15) is 8.42 Å². The van der Waals surface area contributed by atoms with Crippen LogP contribution in [0.1, 0.15) is 11.1 Å². The van der Waals surface area contributed by atoms with E-state index in [1.807, 2.05) is 6.07 Å². The Hall–Kier alpha value is -1.55. The average Bonchev–Trinajstić information content (AvgIpc) is 2.43. The van der Waals surface area contributed by atoms with Crippen LogP contribution in [0.4, 0.5) is 5.69 Å². The van der Waals surface area contributed by atoms with E-state index in [4.69, 9.17) is 16.9 Å². The molecule has 0 aliphatic heterocycles. The molecular formula is C14H10BrClN2O2S. The van der Waals surface area contributed by atoms with Crippen molar-refractivity contribution >= 4 is 43.2 Å². The summed E-state index contributed by atoms with van der Waals surface area (Å²) in [5.41, 5.74) is 1.12. The van der Waals surface area contributed by atoms with Gasteiger partial charge < -0.3 is 0 Å². The molecule has 0 heterocycles. The van der Waals surface area contributed by atoms with Gasteiger partial charge in [0.25, 0.3) is 10.0 Å². The minimum atomic E-state index is -3.74. The highest BCUT2D eigenvalue weighted by Crippen LogP contribution is 2.25. The number of halogens is 2. The molecule has 0 radical (unpaired) electrons. The molecule has 0 aliphatic rings. The highest BCUT2D eigenvalue weighted by atomic mass is 79.9. The summed E-state index contributed by atoms with van der Waals surface area (Å²) in [5, 5.41) is 9.20. The average molecular weight is 386 g/mol. The van der Waals surface area contributed by atoms with Crippen molar-refractivity contribution in [3.8, 4) is 6.07 Å². The Bertz CT molecular complexity index is 845. The fourth-order valence-electron chi connectivity index (χ4n) is 1.75. The van der Waals surface area contributed by atoms with Crippen LogP contribution in [0.25, 0.3) is 0 Å². The fraction of sp³-hybridized carbons (Fsp3) is 0.0714. The number of nitrogens with one attached hydrogen (secondary N) is 1. The molecule has 0 amide bonds. The quantitative estimate of drug-likeness (QED) is 0.865. The number of rotatable bonds is 3. The third kappa shape index (κ3) is 3.56. The molecule has 1 N–H and O–H groups in total. The molecule has 2 aromatic carbocycles. The summed E-state index contributed by atoms with van der Waals surface area (Å²) in [7, 11) is -3.74. The molecule has 0 aliphatic carbocycles. The molecule has 0 unspecified atom stereocenters. The van der Waals surface area contributed by atoms with Gasteiger partial charge in [-0.1, -0.05) is 33.6 Å². The molecule has 0 saturated heterocycles. The van der Waals surface area contributed by atoms with Crippen LogP contribution in [0.3, 0.4) is 0 Å². The first kappa shape index (κ1) is 15.8. The summed E-state index contributed by atoms with van der Waals surface area (Å²) in [5.74, 6) is 0. The van der Waals surface area contributed by atoms with E-state index in [0.717, 1.165) is 0 Å². The van der Waals surface area contributed by atoms with Crippen LogP contribution in [0.15, 0.2) is 45.8 Å². The van der Waals surface area contributed by atoms with Gasteiger partial charge in [0.2, 0.25) is 0 Å². The summed E-state index contributed by atoms with van der Waals surface area (Å²) in [6, 6.07) is 11.3. The van der Waals surface area contributed by atoms with Gasteiger partial charge in [0.1, 0.15) is 6.07 Å². The van der Waals surface area contributed by atoms with Crippen molar-refractivity contribution in [2.75, 3.05) is 4.72 Å². The van der Waals surface area contributed by atoms with Crippen molar-refractivity contribution in [2.45, 2.75) is 11.8 Å². The van der Waals surface area contributed by atoms with Gasteiger partial charge in [0.15, 0.2) is 0 Å². The molecule has 0 bridgehead atoms. The second-order valence-electron chi connectivity index (χ2n) is 4.32. The predicted molar refractivity (Wildman–Crippen MR) is 85.9 cm³/mol. The number of hydrogen-bond donors (Lipinski definition) is 1. The van der Waals surface area contributed by atoms with Crippen molar-refractivity contribution in [1.29, 1.82) is 5.26 Å². The zero-order valence-electron chi connectivity index (χ0n) is 10.9. The topological polar surface area (TPSA) is 70.0 Å². The maximum atomic E-state index is 12.4. The summed E-state index contributed by atoms with van der Waals surface area (Å²) in [6.07, 6.45) is 0. The number of aryl methyl sites for hydroxylation is 1. The first-order chi connectivity index (χ1) is 9.83. The third-order valence-electron chi connectivity index (χ3n) is 2.78. The largest absolute Gasteiger partial charge is 0.280 e. The van der Waals surface area contributed by atoms with Gasteiger partial charge in [0, 0.05) is 4.47 Å². The number of nitriles is 1. The standard InChI is InChI=1S/C14H10BrClN2O2S/c1-9-2-3-11(15)7-14(9)21(19,20)18-12-4-5-13(16)10(6-12)8-17/h2-7,18H,1H3. The molecule has 108 valence electrons. The van der Waals surface area contributed by atoms with Gasteiger partial charge in [-0.2, -0.15) is 5.26 Å². The lowest BCUT2D eigenvalue weighted by Gasteiger charge is -2.11. The third-order valence-corrected chi connectivity index (χ3v) is 5.12. The first-order valence-electron chi connectivity index (χ1n) is 5.82. The summed E-state index contributed by atoms with van der Waals surface area (Å²) < 4.78 is 27.9. The predicted octanol–water partition coefficient (Wildman–Crippen LogP) is 4.08. The molecule has 0 fully saturated rings. The lowest BCUT2D eigenvalue weighted by atomic mass is 10.2. The SMILES string of the molecule is Cc1ccc(Br)cc1S(=O)(=O)Nc1ccc(Cl)c(C#N)c1. The number of benzene rings is 2. The second kappa shape index (κ2) is 6.06. The highest BCUT2D eigenvalue weighted by molar-refractivity contribution is 9.10. The van der Waals surface area contributed by atoms with E-state index in [1.165, 1.54) is 24.3 Å². The minimum absolute atomic E-state index is 0.172.